The molecule has 2 atom stereocenters. The summed E-state index contributed by atoms with van der Waals surface area (Å²) in [6, 6.07) is -0.975. The molecule has 0 bridgehead atoms. The predicted octanol–water partition coefficient (Wildman–Crippen LogP) is 1.63. The van der Waals surface area contributed by atoms with E-state index < -0.39 is 12.1 Å². The van der Waals surface area contributed by atoms with Crippen molar-refractivity contribution in [2.24, 2.45) is 5.92 Å². The lowest BCUT2D eigenvalue weighted by molar-refractivity contribution is -0.132. The van der Waals surface area contributed by atoms with E-state index >= 15 is 0 Å². The Morgan fingerprint density at radius 2 is 2.23 bits per heavy atom. The number of carbonyl (C=O) groups is 2. The maximum atomic E-state index is 12.4. The molecule has 0 unspecified atom stereocenters. The molecule has 6 nitrogen and oxygen atoms in total. The van der Waals surface area contributed by atoms with Gasteiger partial charge in [-0.3, -0.25) is 9.69 Å². The molecule has 1 aromatic heterocycles. The Balaban J connectivity index is 1.73. The molecule has 2 saturated heterocycles. The van der Waals surface area contributed by atoms with Crippen molar-refractivity contribution in [1.82, 2.24) is 14.8 Å². The van der Waals surface area contributed by atoms with Gasteiger partial charge < -0.3 is 10.0 Å². The molecule has 1 aromatic rings. The highest BCUT2D eigenvalue weighted by Gasteiger charge is 2.49. The molecule has 0 aliphatic carbocycles. The lowest BCUT2D eigenvalue weighted by Crippen LogP contribution is -2.48. The predicted molar refractivity (Wildman–Crippen MR) is 82.3 cm³/mol. The molecule has 120 valence electrons. The minimum atomic E-state index is -0.742. The van der Waals surface area contributed by atoms with Gasteiger partial charge in [0.2, 0.25) is 0 Å². The third kappa shape index (κ3) is 2.75. The van der Waals surface area contributed by atoms with Gasteiger partial charge in [-0.25, -0.2) is 9.78 Å². The van der Waals surface area contributed by atoms with Crippen molar-refractivity contribution in [1.29, 1.82) is 0 Å². The van der Waals surface area contributed by atoms with Crippen LogP contribution in [0.2, 0.25) is 0 Å². The average molecular weight is 323 g/mol. The van der Waals surface area contributed by atoms with Gasteiger partial charge >= 0.3 is 6.03 Å². The number of thiazole rings is 1. The molecule has 2 aliphatic heterocycles. The third-order valence-corrected chi connectivity index (χ3v) is 5.10. The Morgan fingerprint density at radius 3 is 2.91 bits per heavy atom. The Bertz CT molecular complexity index is 586. The second-order valence-corrected chi connectivity index (χ2v) is 7.57. The Hall–Kier alpha value is -1.47. The van der Waals surface area contributed by atoms with Gasteiger partial charge in [0.15, 0.2) is 0 Å². The number of hydrogen-bond donors (Lipinski definition) is 1. The number of aliphatic hydroxyl groups excluding tert-OH is 1. The molecule has 0 saturated carbocycles. The largest absolute Gasteiger partial charge is 0.390 e. The first-order chi connectivity index (χ1) is 10.5. The van der Waals surface area contributed by atoms with Crippen LogP contribution in [-0.4, -0.2) is 50.5 Å². The van der Waals surface area contributed by atoms with E-state index in [4.69, 9.17) is 0 Å². The summed E-state index contributed by atoms with van der Waals surface area (Å²) in [7, 11) is 0. The second kappa shape index (κ2) is 5.96. The number of hydrogen-bond acceptors (Lipinski definition) is 5. The fourth-order valence-corrected chi connectivity index (χ4v) is 4.19. The van der Waals surface area contributed by atoms with Gasteiger partial charge in [0.05, 0.1) is 17.7 Å². The number of amides is 3. The van der Waals surface area contributed by atoms with E-state index in [1.807, 2.05) is 0 Å². The topological polar surface area (TPSA) is 73.7 Å². The number of piperidine rings is 1. The summed E-state index contributed by atoms with van der Waals surface area (Å²) in [5, 5.41) is 11.0. The normalized spacial score (nSPS) is 25.3. The van der Waals surface area contributed by atoms with Crippen LogP contribution in [0.15, 0.2) is 6.20 Å². The van der Waals surface area contributed by atoms with Crippen LogP contribution in [0.5, 0.6) is 0 Å². The van der Waals surface area contributed by atoms with E-state index in [9.17, 15) is 14.7 Å². The summed E-state index contributed by atoms with van der Waals surface area (Å²) >= 11 is 1.55. The molecular weight excluding hydrogens is 302 g/mol. The summed E-state index contributed by atoms with van der Waals surface area (Å²) in [5.41, 5.74) is 0. The molecule has 0 radical (unpaired) electrons. The van der Waals surface area contributed by atoms with Gasteiger partial charge in [-0.2, -0.15) is 0 Å². The Morgan fingerprint density at radius 1 is 1.45 bits per heavy atom. The van der Waals surface area contributed by atoms with Crippen LogP contribution in [0.4, 0.5) is 4.79 Å². The highest BCUT2D eigenvalue weighted by Crippen LogP contribution is 2.29. The molecule has 2 fully saturated rings. The Labute approximate surface area is 133 Å². The minimum Gasteiger partial charge on any atom is -0.390 e. The number of carbonyl (C=O) groups excluding carboxylic acids is 2. The highest BCUT2D eigenvalue weighted by atomic mass is 32.1. The van der Waals surface area contributed by atoms with Crippen molar-refractivity contribution < 1.29 is 14.7 Å². The maximum Gasteiger partial charge on any atom is 0.327 e. The molecule has 3 heterocycles. The van der Waals surface area contributed by atoms with Crippen LogP contribution in [-0.2, 0) is 17.8 Å². The molecule has 1 N–H and O–H groups in total. The van der Waals surface area contributed by atoms with Crippen molar-refractivity contribution in [2.45, 2.75) is 51.8 Å². The molecule has 3 rings (SSSR count). The molecule has 0 spiro atoms. The van der Waals surface area contributed by atoms with Crippen molar-refractivity contribution in [3.8, 4) is 0 Å². The van der Waals surface area contributed by atoms with E-state index in [1.165, 1.54) is 9.80 Å². The zero-order chi connectivity index (χ0) is 15.9. The highest BCUT2D eigenvalue weighted by molar-refractivity contribution is 7.11. The molecule has 22 heavy (non-hydrogen) atoms. The van der Waals surface area contributed by atoms with Crippen molar-refractivity contribution in [2.75, 3.05) is 6.54 Å². The third-order valence-electron chi connectivity index (χ3n) is 4.09. The fourth-order valence-electron chi connectivity index (χ4n) is 3.06. The number of imide groups is 1. The molecule has 3 amide bonds. The molecule has 2 aliphatic rings. The van der Waals surface area contributed by atoms with Gasteiger partial charge in [0, 0.05) is 24.0 Å². The van der Waals surface area contributed by atoms with E-state index in [2.05, 4.69) is 18.8 Å². The number of aromatic nitrogens is 1. The fraction of sp³-hybridized carbons (Fsp3) is 0.667. The first kappa shape index (κ1) is 15.4. The molecular formula is C15H21N3O3S. The summed E-state index contributed by atoms with van der Waals surface area (Å²) in [4.78, 5) is 32.9. The number of nitrogens with zero attached hydrogens (tertiary/aromatic N) is 3. The van der Waals surface area contributed by atoms with Gasteiger partial charge in [-0.1, -0.05) is 13.8 Å². The number of urea groups is 1. The summed E-state index contributed by atoms with van der Waals surface area (Å²) in [6.07, 6.45) is 3.22. The smallest absolute Gasteiger partial charge is 0.327 e. The first-order valence-corrected chi connectivity index (χ1v) is 8.52. The first-order valence-electron chi connectivity index (χ1n) is 7.71. The van der Waals surface area contributed by atoms with Crippen molar-refractivity contribution >= 4 is 23.3 Å². The Kier molecular flexibility index (Phi) is 4.18. The monoisotopic (exact) mass is 323 g/mol. The van der Waals surface area contributed by atoms with Crippen LogP contribution in [0.1, 0.15) is 36.6 Å². The second-order valence-electron chi connectivity index (χ2n) is 6.37. The van der Waals surface area contributed by atoms with E-state index in [-0.39, 0.29) is 18.5 Å². The number of fused-ring (bicyclic) bond motifs is 1. The van der Waals surface area contributed by atoms with Crippen LogP contribution in [0.25, 0.3) is 0 Å². The van der Waals surface area contributed by atoms with Gasteiger partial charge in [0.1, 0.15) is 6.04 Å². The lowest BCUT2D eigenvalue weighted by Gasteiger charge is -2.30. The van der Waals surface area contributed by atoms with Gasteiger partial charge in [0.25, 0.3) is 5.91 Å². The quantitative estimate of drug-likeness (QED) is 0.855. The van der Waals surface area contributed by atoms with E-state index in [0.29, 0.717) is 18.9 Å². The minimum absolute atomic E-state index is 0.257. The van der Waals surface area contributed by atoms with Crippen LogP contribution < -0.4 is 0 Å². The molecule has 7 heteroatoms. The maximum absolute atomic E-state index is 12.4. The molecule has 0 aromatic carbocycles. The zero-order valence-electron chi connectivity index (χ0n) is 12.9. The van der Waals surface area contributed by atoms with Gasteiger partial charge in [-0.05, 0) is 18.8 Å². The van der Waals surface area contributed by atoms with Crippen LogP contribution in [0, 0.1) is 5.92 Å². The average Bonchev–Trinajstić information content (AvgIpc) is 2.98. The SMILES string of the molecule is CC(C)Cc1ncc(CN2C(=O)[C@@H]3[C@H](O)CCCN3C2=O)s1. The number of rotatable bonds is 4. The number of aliphatic hydroxyl groups is 1. The van der Waals surface area contributed by atoms with E-state index in [0.717, 1.165) is 22.7 Å². The van der Waals surface area contributed by atoms with Crippen molar-refractivity contribution in [3.05, 3.63) is 16.1 Å². The summed E-state index contributed by atoms with van der Waals surface area (Å²) in [5.74, 6) is 0.245. The lowest BCUT2D eigenvalue weighted by atomic mass is 10.0. The zero-order valence-corrected chi connectivity index (χ0v) is 13.7. The van der Waals surface area contributed by atoms with Crippen LogP contribution >= 0.6 is 11.3 Å². The van der Waals surface area contributed by atoms with Gasteiger partial charge in [-0.15, -0.1) is 11.3 Å². The van der Waals surface area contributed by atoms with Crippen LogP contribution in [0.3, 0.4) is 0 Å². The summed E-state index contributed by atoms with van der Waals surface area (Å²) < 4.78 is 0. The van der Waals surface area contributed by atoms with E-state index in [1.54, 1.807) is 17.5 Å². The summed E-state index contributed by atoms with van der Waals surface area (Å²) in [6.45, 7) is 5.07. The standard InChI is InChI=1S/C15H21N3O3S/c1-9(2)6-12-16-7-10(22-12)8-18-14(20)13-11(19)4-3-5-17(13)15(18)21/h7,9,11,13,19H,3-6,8H2,1-2H3/t11-,13+/m1/s1. The van der Waals surface area contributed by atoms with Crippen molar-refractivity contribution in [3.63, 3.8) is 0 Å².